The van der Waals surface area contributed by atoms with Crippen LogP contribution in [0.5, 0.6) is 0 Å². The van der Waals surface area contributed by atoms with E-state index in [2.05, 4.69) is 23.2 Å². The number of rotatable bonds is 10. The SMILES string of the molecule is CC(CCCN(CCO)CCO)Nc1c2c(nc3cc(Cl)ccc13)CCCC2. The molecule has 1 atom stereocenters. The standard InChI is InChI=1S/C22H32ClN3O2/c1-16(5-4-10-26(11-13-27)12-14-28)24-22-18-6-2-3-7-20(18)25-21-15-17(23)8-9-19(21)22/h8-9,15-16,27-28H,2-7,10-14H2,1H3,(H,24,25). The minimum atomic E-state index is 0.130. The number of aliphatic hydroxyl groups is 2. The van der Waals surface area contributed by atoms with Crippen molar-refractivity contribution in [2.45, 2.75) is 51.5 Å². The topological polar surface area (TPSA) is 68.6 Å². The fourth-order valence-corrected chi connectivity index (χ4v) is 4.29. The molecule has 0 amide bonds. The van der Waals surface area contributed by atoms with Gasteiger partial charge in [-0.05, 0) is 75.8 Å². The van der Waals surface area contributed by atoms with Gasteiger partial charge in [0.2, 0.25) is 0 Å². The zero-order valence-electron chi connectivity index (χ0n) is 16.8. The fraction of sp³-hybridized carbons (Fsp3) is 0.591. The molecule has 0 fully saturated rings. The smallest absolute Gasteiger partial charge is 0.0741 e. The van der Waals surface area contributed by atoms with Gasteiger partial charge in [0.25, 0.3) is 0 Å². The number of anilines is 1. The van der Waals surface area contributed by atoms with Crippen molar-refractivity contribution in [2.75, 3.05) is 38.2 Å². The van der Waals surface area contributed by atoms with Gasteiger partial charge in [-0.1, -0.05) is 11.6 Å². The Labute approximate surface area is 172 Å². The summed E-state index contributed by atoms with van der Waals surface area (Å²) in [4.78, 5) is 7.00. The fourth-order valence-electron chi connectivity index (χ4n) is 4.12. The lowest BCUT2D eigenvalue weighted by atomic mass is 9.92. The lowest BCUT2D eigenvalue weighted by molar-refractivity contribution is 0.159. The number of halogens is 1. The molecular formula is C22H32ClN3O2. The number of benzene rings is 1. The summed E-state index contributed by atoms with van der Waals surface area (Å²) < 4.78 is 0. The molecule has 0 saturated carbocycles. The number of hydrogen-bond donors (Lipinski definition) is 3. The maximum Gasteiger partial charge on any atom is 0.0741 e. The number of aliphatic hydroxyl groups excluding tert-OH is 2. The Morgan fingerprint density at radius 1 is 1.14 bits per heavy atom. The quantitative estimate of drug-likeness (QED) is 0.563. The van der Waals surface area contributed by atoms with Crippen molar-refractivity contribution in [3.8, 4) is 0 Å². The van der Waals surface area contributed by atoms with E-state index in [-0.39, 0.29) is 13.2 Å². The van der Waals surface area contributed by atoms with Crippen LogP contribution in [0.4, 0.5) is 5.69 Å². The molecule has 3 N–H and O–H groups in total. The number of aryl methyl sites for hydroxylation is 1. The largest absolute Gasteiger partial charge is 0.395 e. The first kappa shape index (κ1) is 21.3. The van der Waals surface area contributed by atoms with Gasteiger partial charge in [0.05, 0.1) is 18.7 Å². The molecule has 6 heteroatoms. The first-order valence-corrected chi connectivity index (χ1v) is 10.8. The average molecular weight is 406 g/mol. The van der Waals surface area contributed by atoms with Crippen LogP contribution < -0.4 is 5.32 Å². The second-order valence-electron chi connectivity index (χ2n) is 7.76. The van der Waals surface area contributed by atoms with E-state index in [4.69, 9.17) is 26.8 Å². The minimum absolute atomic E-state index is 0.130. The Bertz CT molecular complexity index is 778. The van der Waals surface area contributed by atoms with Crippen molar-refractivity contribution in [1.29, 1.82) is 0 Å². The van der Waals surface area contributed by atoms with Crippen LogP contribution in [0.2, 0.25) is 5.02 Å². The van der Waals surface area contributed by atoms with Crippen molar-refractivity contribution in [2.24, 2.45) is 0 Å². The second-order valence-corrected chi connectivity index (χ2v) is 8.19. The minimum Gasteiger partial charge on any atom is -0.395 e. The predicted octanol–water partition coefficient (Wildman–Crippen LogP) is 3.63. The maximum absolute atomic E-state index is 9.15. The van der Waals surface area contributed by atoms with Crippen molar-refractivity contribution >= 4 is 28.2 Å². The highest BCUT2D eigenvalue weighted by atomic mass is 35.5. The molecule has 1 aromatic heterocycles. The average Bonchev–Trinajstić information content (AvgIpc) is 2.68. The number of aromatic nitrogens is 1. The van der Waals surface area contributed by atoms with E-state index in [1.807, 2.05) is 12.1 Å². The lowest BCUT2D eigenvalue weighted by Gasteiger charge is -2.25. The highest BCUT2D eigenvalue weighted by molar-refractivity contribution is 6.31. The molecule has 154 valence electrons. The zero-order chi connectivity index (χ0) is 19.9. The molecule has 0 spiro atoms. The van der Waals surface area contributed by atoms with Crippen LogP contribution in [-0.4, -0.2) is 59.0 Å². The van der Waals surface area contributed by atoms with E-state index >= 15 is 0 Å². The van der Waals surface area contributed by atoms with Gasteiger partial charge in [-0.3, -0.25) is 9.88 Å². The molecule has 0 saturated heterocycles. The summed E-state index contributed by atoms with van der Waals surface area (Å²) in [7, 11) is 0. The molecule has 1 unspecified atom stereocenters. The van der Waals surface area contributed by atoms with Gasteiger partial charge in [-0.25, -0.2) is 0 Å². The van der Waals surface area contributed by atoms with Crippen LogP contribution in [0.25, 0.3) is 10.9 Å². The molecule has 0 aliphatic heterocycles. The normalized spacial score (nSPS) is 15.0. The summed E-state index contributed by atoms with van der Waals surface area (Å²) in [5, 5.41) is 23.9. The molecule has 1 heterocycles. The Balaban J connectivity index is 1.72. The van der Waals surface area contributed by atoms with Gasteiger partial charge >= 0.3 is 0 Å². The van der Waals surface area contributed by atoms with Crippen LogP contribution in [0.15, 0.2) is 18.2 Å². The molecule has 3 rings (SSSR count). The molecule has 1 aromatic carbocycles. The number of hydrogen-bond acceptors (Lipinski definition) is 5. The van der Waals surface area contributed by atoms with Gasteiger partial charge in [0.1, 0.15) is 0 Å². The number of pyridine rings is 1. The van der Waals surface area contributed by atoms with Gasteiger partial charge in [0, 0.05) is 40.9 Å². The highest BCUT2D eigenvalue weighted by Crippen LogP contribution is 2.35. The molecule has 2 aromatic rings. The van der Waals surface area contributed by atoms with Gasteiger partial charge < -0.3 is 15.5 Å². The van der Waals surface area contributed by atoms with E-state index in [1.54, 1.807) is 0 Å². The summed E-state index contributed by atoms with van der Waals surface area (Å²) in [6.07, 6.45) is 6.58. The zero-order valence-corrected chi connectivity index (χ0v) is 17.5. The van der Waals surface area contributed by atoms with E-state index < -0.39 is 0 Å². The molecule has 0 radical (unpaired) electrons. The van der Waals surface area contributed by atoms with E-state index in [1.165, 1.54) is 29.8 Å². The summed E-state index contributed by atoms with van der Waals surface area (Å²) in [5.41, 5.74) is 4.79. The van der Waals surface area contributed by atoms with Crippen LogP contribution in [0.1, 0.15) is 43.9 Å². The molecular weight excluding hydrogens is 374 g/mol. The molecule has 5 nitrogen and oxygen atoms in total. The first-order valence-electron chi connectivity index (χ1n) is 10.4. The van der Waals surface area contributed by atoms with Crippen LogP contribution in [0.3, 0.4) is 0 Å². The number of nitrogens with zero attached hydrogens (tertiary/aromatic N) is 2. The number of fused-ring (bicyclic) bond motifs is 2. The Kier molecular flexibility index (Phi) is 7.91. The Morgan fingerprint density at radius 3 is 2.64 bits per heavy atom. The molecule has 0 bridgehead atoms. The molecule has 28 heavy (non-hydrogen) atoms. The van der Waals surface area contributed by atoms with Crippen molar-refractivity contribution in [1.82, 2.24) is 9.88 Å². The second kappa shape index (κ2) is 10.4. The van der Waals surface area contributed by atoms with E-state index in [0.29, 0.717) is 19.1 Å². The van der Waals surface area contributed by atoms with Crippen LogP contribution >= 0.6 is 11.6 Å². The van der Waals surface area contributed by atoms with Crippen molar-refractivity contribution in [3.63, 3.8) is 0 Å². The van der Waals surface area contributed by atoms with Crippen molar-refractivity contribution in [3.05, 3.63) is 34.5 Å². The Hall–Kier alpha value is -1.40. The van der Waals surface area contributed by atoms with Crippen molar-refractivity contribution < 1.29 is 10.2 Å². The Morgan fingerprint density at radius 2 is 1.89 bits per heavy atom. The molecule has 1 aliphatic rings. The monoisotopic (exact) mass is 405 g/mol. The summed E-state index contributed by atoms with van der Waals surface area (Å²) >= 11 is 6.21. The third-order valence-electron chi connectivity index (χ3n) is 5.56. The van der Waals surface area contributed by atoms with E-state index in [0.717, 1.165) is 48.2 Å². The number of nitrogens with one attached hydrogen (secondary N) is 1. The van der Waals surface area contributed by atoms with Gasteiger partial charge in [-0.2, -0.15) is 0 Å². The van der Waals surface area contributed by atoms with Crippen LogP contribution in [0, 0.1) is 0 Å². The summed E-state index contributed by atoms with van der Waals surface area (Å²) in [6, 6.07) is 6.32. The third-order valence-corrected chi connectivity index (χ3v) is 5.79. The third kappa shape index (κ3) is 5.35. The van der Waals surface area contributed by atoms with Gasteiger partial charge in [-0.15, -0.1) is 0 Å². The van der Waals surface area contributed by atoms with E-state index in [9.17, 15) is 0 Å². The predicted molar refractivity (Wildman–Crippen MR) is 116 cm³/mol. The summed E-state index contributed by atoms with van der Waals surface area (Å²) in [5.74, 6) is 0. The summed E-state index contributed by atoms with van der Waals surface area (Å²) in [6.45, 7) is 4.60. The van der Waals surface area contributed by atoms with Crippen LogP contribution in [-0.2, 0) is 12.8 Å². The van der Waals surface area contributed by atoms with Gasteiger partial charge in [0.15, 0.2) is 0 Å². The first-order chi connectivity index (χ1) is 13.6. The lowest BCUT2D eigenvalue weighted by Crippen LogP contribution is -2.31. The molecule has 1 aliphatic carbocycles. The highest BCUT2D eigenvalue weighted by Gasteiger charge is 2.19. The maximum atomic E-state index is 9.15.